The fraction of sp³-hybridized carbons (Fsp3) is 0.237. The summed E-state index contributed by atoms with van der Waals surface area (Å²) in [6.45, 7) is 10.8. The van der Waals surface area contributed by atoms with E-state index in [2.05, 4.69) is 70.7 Å². The van der Waals surface area contributed by atoms with Gasteiger partial charge in [-0.25, -0.2) is 19.4 Å². The average molecular weight is 641 g/mol. The summed E-state index contributed by atoms with van der Waals surface area (Å²) in [7, 11) is 0. The van der Waals surface area contributed by atoms with E-state index < -0.39 is 0 Å². The maximum absolute atomic E-state index is 13.4. The highest BCUT2D eigenvalue weighted by atomic mass is 16.5. The summed E-state index contributed by atoms with van der Waals surface area (Å²) in [4.78, 5) is 26.7. The lowest BCUT2D eigenvalue weighted by atomic mass is 9.92. The summed E-state index contributed by atoms with van der Waals surface area (Å²) in [5.41, 5.74) is 5.30. The Hall–Kier alpha value is -5.77. The normalized spacial score (nSPS) is 11.4. The largest absolute Gasteiger partial charge is 0.488 e. The standard InChI is InChI=1S/C38H40N8O2/c1-6-25-12-14-28(15-13-25)46-36(21-33(45-46)38(3,4)5)44-37(47)42-31-16-17-32(30-11-9-8-10-29(30)31)48-24-26-18-19-40-34(20-26)43-35-23-39-22-27(7-2)41-35/h8-23H,6-7,24H2,1-5H3,(H,40,41,43)(H2,42,44,47). The van der Waals surface area contributed by atoms with Gasteiger partial charge in [-0.1, -0.05) is 71.0 Å². The van der Waals surface area contributed by atoms with Crippen LogP contribution < -0.4 is 20.7 Å². The van der Waals surface area contributed by atoms with Crippen LogP contribution in [0, 0.1) is 0 Å². The molecule has 0 unspecified atom stereocenters. The summed E-state index contributed by atoms with van der Waals surface area (Å²) in [5, 5.41) is 15.9. The second kappa shape index (κ2) is 13.9. The molecular weight excluding hydrogens is 600 g/mol. The van der Waals surface area contributed by atoms with Crippen LogP contribution in [0.4, 0.5) is 27.9 Å². The van der Waals surface area contributed by atoms with Gasteiger partial charge in [0.05, 0.1) is 29.0 Å². The number of nitrogens with zero attached hydrogens (tertiary/aromatic N) is 5. The number of hydrogen-bond donors (Lipinski definition) is 3. The highest BCUT2D eigenvalue weighted by Crippen LogP contribution is 2.33. The molecule has 0 atom stereocenters. The van der Waals surface area contributed by atoms with Crippen LogP contribution in [0.15, 0.2) is 97.5 Å². The number of benzene rings is 3. The number of urea groups is 1. The number of carbonyl (C=O) groups excluding carboxylic acids is 1. The molecule has 0 spiro atoms. The van der Waals surface area contributed by atoms with Crippen LogP contribution in [0.3, 0.4) is 0 Å². The van der Waals surface area contributed by atoms with Crippen molar-refractivity contribution in [1.29, 1.82) is 0 Å². The Labute approximate surface area is 280 Å². The lowest BCUT2D eigenvalue weighted by molar-refractivity contribution is 0.262. The van der Waals surface area contributed by atoms with E-state index >= 15 is 0 Å². The molecule has 3 heterocycles. The molecule has 3 N–H and O–H groups in total. The molecule has 0 radical (unpaired) electrons. The number of anilines is 4. The first-order valence-electron chi connectivity index (χ1n) is 16.2. The smallest absolute Gasteiger partial charge is 0.324 e. The van der Waals surface area contributed by atoms with Gasteiger partial charge in [-0.15, -0.1) is 0 Å². The Bertz CT molecular complexity index is 2050. The molecule has 0 aliphatic heterocycles. The van der Waals surface area contributed by atoms with Crippen LogP contribution in [0.25, 0.3) is 16.5 Å². The van der Waals surface area contributed by atoms with Crippen LogP contribution in [0.2, 0.25) is 0 Å². The topological polar surface area (TPSA) is 119 Å². The second-order valence-corrected chi connectivity index (χ2v) is 12.5. The van der Waals surface area contributed by atoms with Crippen molar-refractivity contribution in [1.82, 2.24) is 24.7 Å². The van der Waals surface area contributed by atoms with E-state index in [0.717, 1.165) is 46.3 Å². The van der Waals surface area contributed by atoms with Crippen molar-refractivity contribution in [3.05, 3.63) is 120 Å². The Kier molecular flexibility index (Phi) is 9.33. The third kappa shape index (κ3) is 7.44. The second-order valence-electron chi connectivity index (χ2n) is 12.5. The van der Waals surface area contributed by atoms with Gasteiger partial charge < -0.3 is 15.4 Å². The van der Waals surface area contributed by atoms with Gasteiger partial charge in [-0.2, -0.15) is 5.10 Å². The molecule has 0 fully saturated rings. The van der Waals surface area contributed by atoms with Crippen LogP contribution in [0.5, 0.6) is 5.75 Å². The van der Waals surface area contributed by atoms with Crippen molar-refractivity contribution in [2.75, 3.05) is 16.0 Å². The molecule has 0 bridgehead atoms. The van der Waals surface area contributed by atoms with Gasteiger partial charge in [0.15, 0.2) is 0 Å². The number of ether oxygens (including phenoxy) is 1. The monoisotopic (exact) mass is 640 g/mol. The van der Waals surface area contributed by atoms with Crippen molar-refractivity contribution >= 4 is 39.9 Å². The Morgan fingerprint density at radius 3 is 2.38 bits per heavy atom. The quantitative estimate of drug-likeness (QED) is 0.137. The van der Waals surface area contributed by atoms with Gasteiger partial charge in [0.1, 0.15) is 29.8 Å². The van der Waals surface area contributed by atoms with Crippen LogP contribution in [-0.4, -0.2) is 30.8 Å². The number of fused-ring (bicyclic) bond motifs is 1. The number of hydrogen-bond acceptors (Lipinski definition) is 7. The van der Waals surface area contributed by atoms with Gasteiger partial charge in [0.2, 0.25) is 0 Å². The number of aryl methyl sites for hydroxylation is 2. The molecule has 48 heavy (non-hydrogen) atoms. The highest BCUT2D eigenvalue weighted by Gasteiger charge is 2.22. The van der Waals surface area contributed by atoms with Gasteiger partial charge in [0, 0.05) is 34.6 Å². The summed E-state index contributed by atoms with van der Waals surface area (Å²) in [5.74, 6) is 2.58. The Balaban J connectivity index is 1.18. The molecule has 0 aliphatic carbocycles. The number of nitrogens with one attached hydrogen (secondary N) is 3. The van der Waals surface area contributed by atoms with Crippen molar-refractivity contribution in [3.8, 4) is 11.4 Å². The summed E-state index contributed by atoms with van der Waals surface area (Å²) >= 11 is 0. The average Bonchev–Trinajstić information content (AvgIpc) is 3.52. The summed E-state index contributed by atoms with van der Waals surface area (Å²) in [6, 6.07) is 25.2. The predicted octanol–water partition coefficient (Wildman–Crippen LogP) is 8.60. The van der Waals surface area contributed by atoms with E-state index in [1.54, 1.807) is 23.3 Å². The molecule has 10 heteroatoms. The van der Waals surface area contributed by atoms with Crippen molar-refractivity contribution in [3.63, 3.8) is 0 Å². The highest BCUT2D eigenvalue weighted by molar-refractivity contribution is 6.07. The Morgan fingerprint density at radius 1 is 0.833 bits per heavy atom. The third-order valence-corrected chi connectivity index (χ3v) is 7.96. The fourth-order valence-electron chi connectivity index (χ4n) is 5.24. The first-order valence-corrected chi connectivity index (χ1v) is 16.2. The zero-order chi connectivity index (χ0) is 33.7. The molecule has 0 aliphatic rings. The molecule has 2 amide bonds. The van der Waals surface area contributed by atoms with E-state index in [-0.39, 0.29) is 11.4 Å². The van der Waals surface area contributed by atoms with Crippen LogP contribution >= 0.6 is 0 Å². The maximum Gasteiger partial charge on any atom is 0.324 e. The number of carbonyl (C=O) groups is 1. The molecule has 3 aromatic heterocycles. The molecule has 244 valence electrons. The van der Waals surface area contributed by atoms with Gasteiger partial charge in [0.25, 0.3) is 0 Å². The van der Waals surface area contributed by atoms with Gasteiger partial charge in [-0.3, -0.25) is 10.3 Å². The van der Waals surface area contributed by atoms with Gasteiger partial charge >= 0.3 is 6.03 Å². The maximum atomic E-state index is 13.4. The first kappa shape index (κ1) is 32.2. The minimum absolute atomic E-state index is 0.197. The molecule has 0 saturated carbocycles. The lowest BCUT2D eigenvalue weighted by Gasteiger charge is -2.15. The van der Waals surface area contributed by atoms with Crippen molar-refractivity contribution in [2.24, 2.45) is 0 Å². The fourth-order valence-corrected chi connectivity index (χ4v) is 5.24. The van der Waals surface area contributed by atoms with Gasteiger partial charge in [-0.05, 0) is 60.4 Å². The SMILES string of the molecule is CCc1ccc(-n2nc(C(C)(C)C)cc2NC(=O)Nc2ccc(OCc3ccnc(Nc4cncc(CC)n4)c3)c3ccccc23)cc1. The zero-order valence-electron chi connectivity index (χ0n) is 27.9. The number of amides is 2. The molecular formula is C38H40N8O2. The zero-order valence-corrected chi connectivity index (χ0v) is 27.9. The minimum Gasteiger partial charge on any atom is -0.488 e. The number of aromatic nitrogens is 5. The molecule has 3 aromatic carbocycles. The number of pyridine rings is 1. The molecule has 6 rings (SSSR count). The van der Waals surface area contributed by atoms with Crippen molar-refractivity contribution < 1.29 is 9.53 Å². The van der Waals surface area contributed by atoms with E-state index in [0.29, 0.717) is 35.5 Å². The third-order valence-electron chi connectivity index (χ3n) is 7.96. The van der Waals surface area contributed by atoms with E-state index in [1.807, 2.05) is 73.7 Å². The van der Waals surface area contributed by atoms with E-state index in [1.165, 1.54) is 5.56 Å². The van der Waals surface area contributed by atoms with E-state index in [9.17, 15) is 4.79 Å². The number of rotatable bonds is 10. The minimum atomic E-state index is -0.369. The molecule has 0 saturated heterocycles. The van der Waals surface area contributed by atoms with Crippen molar-refractivity contribution in [2.45, 2.75) is 59.5 Å². The Morgan fingerprint density at radius 2 is 1.62 bits per heavy atom. The molecule has 6 aromatic rings. The van der Waals surface area contributed by atoms with Crippen LogP contribution in [-0.2, 0) is 24.9 Å². The first-order chi connectivity index (χ1) is 23.2. The van der Waals surface area contributed by atoms with E-state index in [4.69, 9.17) is 9.84 Å². The van der Waals surface area contributed by atoms with Crippen LogP contribution in [0.1, 0.15) is 57.1 Å². The summed E-state index contributed by atoms with van der Waals surface area (Å²) in [6.07, 6.45) is 6.92. The predicted molar refractivity (Wildman–Crippen MR) is 191 cm³/mol. The molecule has 10 nitrogen and oxygen atoms in total. The lowest BCUT2D eigenvalue weighted by Crippen LogP contribution is -2.21. The summed E-state index contributed by atoms with van der Waals surface area (Å²) < 4.78 is 8.08.